The Morgan fingerprint density at radius 3 is 2.52 bits per heavy atom. The van der Waals surface area contributed by atoms with Crippen LogP contribution in [0.3, 0.4) is 0 Å². The van der Waals surface area contributed by atoms with Crippen molar-refractivity contribution in [3.05, 3.63) is 48.4 Å². The largest absolute Gasteiger partial charge is 0.467 e. The Balaban J connectivity index is 1.87. The first-order chi connectivity index (χ1) is 10.0. The van der Waals surface area contributed by atoms with Crippen molar-refractivity contribution in [3.63, 3.8) is 0 Å². The minimum Gasteiger partial charge on any atom is -0.467 e. The molecular formula is C14H14F2N2OS2. The fourth-order valence-electron chi connectivity index (χ4n) is 1.69. The minimum atomic E-state index is -2.42. The third-order valence-corrected chi connectivity index (χ3v) is 3.60. The Labute approximate surface area is 131 Å². The van der Waals surface area contributed by atoms with E-state index in [4.69, 9.17) is 16.6 Å². The molecule has 0 spiro atoms. The van der Waals surface area contributed by atoms with Crippen LogP contribution in [0.1, 0.15) is 18.7 Å². The quantitative estimate of drug-likeness (QED) is 0.618. The summed E-state index contributed by atoms with van der Waals surface area (Å²) >= 11 is 5.71. The van der Waals surface area contributed by atoms with Gasteiger partial charge in [0.2, 0.25) is 0 Å². The zero-order chi connectivity index (χ0) is 15.2. The van der Waals surface area contributed by atoms with E-state index in [9.17, 15) is 8.78 Å². The number of rotatable bonds is 5. The van der Waals surface area contributed by atoms with Gasteiger partial charge >= 0.3 is 0 Å². The van der Waals surface area contributed by atoms with E-state index in [1.165, 1.54) is 0 Å². The zero-order valence-electron chi connectivity index (χ0n) is 11.2. The van der Waals surface area contributed by atoms with Gasteiger partial charge in [-0.3, -0.25) is 0 Å². The highest BCUT2D eigenvalue weighted by Gasteiger charge is 2.10. The van der Waals surface area contributed by atoms with E-state index in [0.717, 1.165) is 11.4 Å². The van der Waals surface area contributed by atoms with Crippen LogP contribution in [0, 0.1) is 0 Å². The number of thiocarbonyl (C=S) groups is 1. The highest BCUT2D eigenvalue weighted by atomic mass is 32.2. The summed E-state index contributed by atoms with van der Waals surface area (Å²) < 4.78 is 29.7. The molecule has 112 valence electrons. The third-order valence-electron chi connectivity index (χ3n) is 2.65. The number of benzene rings is 1. The standard InChI is InChI=1S/C14H14F2N2OS2/c1-9(12-3-2-8-19-12)17-14(20)18-10-4-6-11(7-5-10)21-13(15)16/h2-9,13H,1H3,(H2,17,18,20)/t9-/m0/s1. The van der Waals surface area contributed by atoms with Crippen molar-refractivity contribution in [2.45, 2.75) is 23.6 Å². The summed E-state index contributed by atoms with van der Waals surface area (Å²) in [6.45, 7) is 1.93. The molecule has 2 aromatic rings. The van der Waals surface area contributed by atoms with Gasteiger partial charge in [0.1, 0.15) is 5.76 Å². The van der Waals surface area contributed by atoms with Crippen molar-refractivity contribution in [2.75, 3.05) is 5.32 Å². The van der Waals surface area contributed by atoms with Crippen LogP contribution in [0.25, 0.3) is 0 Å². The third kappa shape index (κ3) is 5.02. The normalized spacial score (nSPS) is 12.2. The number of alkyl halides is 2. The predicted molar refractivity (Wildman–Crippen MR) is 84.8 cm³/mol. The molecule has 0 aliphatic carbocycles. The molecule has 3 nitrogen and oxygen atoms in total. The average molecular weight is 328 g/mol. The molecule has 1 aromatic heterocycles. The maximum atomic E-state index is 12.2. The molecular weight excluding hydrogens is 314 g/mol. The number of furan rings is 1. The van der Waals surface area contributed by atoms with Crippen LogP contribution < -0.4 is 10.6 Å². The highest BCUT2D eigenvalue weighted by Crippen LogP contribution is 2.26. The number of halogens is 2. The average Bonchev–Trinajstić information content (AvgIpc) is 2.94. The van der Waals surface area contributed by atoms with Crippen molar-refractivity contribution >= 4 is 34.8 Å². The highest BCUT2D eigenvalue weighted by molar-refractivity contribution is 7.99. The fourth-order valence-corrected chi connectivity index (χ4v) is 2.49. The van der Waals surface area contributed by atoms with Gasteiger partial charge in [0.05, 0.1) is 12.3 Å². The maximum absolute atomic E-state index is 12.2. The summed E-state index contributed by atoms with van der Waals surface area (Å²) in [4.78, 5) is 0.512. The van der Waals surface area contributed by atoms with Gasteiger partial charge in [-0.25, -0.2) is 0 Å². The molecule has 0 saturated carbocycles. The Hall–Kier alpha value is -1.60. The maximum Gasteiger partial charge on any atom is 0.288 e. The molecule has 7 heteroatoms. The van der Waals surface area contributed by atoms with Gasteiger partial charge in [0, 0.05) is 10.6 Å². The molecule has 0 bridgehead atoms. The SMILES string of the molecule is C[C@H](NC(=S)Nc1ccc(SC(F)F)cc1)c1ccco1. The summed E-state index contributed by atoms with van der Waals surface area (Å²) in [7, 11) is 0. The van der Waals surface area contributed by atoms with Crippen molar-refractivity contribution in [1.29, 1.82) is 0 Å². The van der Waals surface area contributed by atoms with E-state index in [-0.39, 0.29) is 6.04 Å². The molecule has 21 heavy (non-hydrogen) atoms. The smallest absolute Gasteiger partial charge is 0.288 e. The second-order valence-electron chi connectivity index (χ2n) is 4.24. The predicted octanol–water partition coefficient (Wildman–Crippen LogP) is 4.64. The molecule has 0 amide bonds. The topological polar surface area (TPSA) is 37.2 Å². The van der Waals surface area contributed by atoms with Crippen LogP contribution in [0.4, 0.5) is 14.5 Å². The first-order valence-electron chi connectivity index (χ1n) is 6.20. The molecule has 0 saturated heterocycles. The van der Waals surface area contributed by atoms with Crippen LogP contribution in [0.15, 0.2) is 52.0 Å². The molecule has 0 fully saturated rings. The number of hydrogen-bond donors (Lipinski definition) is 2. The summed E-state index contributed by atoms with van der Waals surface area (Å²) in [6, 6.07) is 10.3. The zero-order valence-corrected chi connectivity index (χ0v) is 12.8. The summed E-state index contributed by atoms with van der Waals surface area (Å²) in [5.41, 5.74) is 0.734. The Morgan fingerprint density at radius 2 is 1.95 bits per heavy atom. The molecule has 0 aliphatic heterocycles. The van der Waals surface area contributed by atoms with Gasteiger partial charge in [-0.05, 0) is 55.5 Å². The monoisotopic (exact) mass is 328 g/mol. The van der Waals surface area contributed by atoms with Crippen LogP contribution in [0.2, 0.25) is 0 Å². The van der Waals surface area contributed by atoms with Crippen LogP contribution >= 0.6 is 24.0 Å². The van der Waals surface area contributed by atoms with Gasteiger partial charge in [-0.1, -0.05) is 11.8 Å². The Bertz CT molecular complexity index is 573. The summed E-state index contributed by atoms with van der Waals surface area (Å²) in [5.74, 6) is -1.64. The van der Waals surface area contributed by atoms with E-state index in [1.54, 1.807) is 30.5 Å². The van der Waals surface area contributed by atoms with E-state index < -0.39 is 5.76 Å². The number of nitrogens with one attached hydrogen (secondary N) is 2. The lowest BCUT2D eigenvalue weighted by atomic mass is 10.2. The van der Waals surface area contributed by atoms with Gasteiger partial charge < -0.3 is 15.1 Å². The Morgan fingerprint density at radius 1 is 1.24 bits per heavy atom. The van der Waals surface area contributed by atoms with E-state index in [0.29, 0.717) is 21.8 Å². The summed E-state index contributed by atoms with van der Waals surface area (Å²) in [5, 5.41) is 6.51. The number of anilines is 1. The van der Waals surface area contributed by atoms with Crippen molar-refractivity contribution in [1.82, 2.24) is 5.32 Å². The number of hydrogen-bond acceptors (Lipinski definition) is 3. The van der Waals surface area contributed by atoms with Crippen LogP contribution in [-0.2, 0) is 0 Å². The van der Waals surface area contributed by atoms with Crippen molar-refractivity contribution < 1.29 is 13.2 Å². The lowest BCUT2D eigenvalue weighted by Crippen LogP contribution is -2.30. The van der Waals surface area contributed by atoms with E-state index in [1.807, 2.05) is 19.1 Å². The van der Waals surface area contributed by atoms with Crippen molar-refractivity contribution in [3.8, 4) is 0 Å². The second kappa shape index (κ2) is 7.42. The molecule has 0 unspecified atom stereocenters. The minimum absolute atomic E-state index is 0.0614. The van der Waals surface area contributed by atoms with Crippen molar-refractivity contribution in [2.24, 2.45) is 0 Å². The van der Waals surface area contributed by atoms with Crippen LogP contribution in [0.5, 0.6) is 0 Å². The molecule has 1 atom stereocenters. The molecule has 0 aliphatic rings. The van der Waals surface area contributed by atoms with E-state index >= 15 is 0 Å². The first-order valence-corrected chi connectivity index (χ1v) is 7.49. The van der Waals surface area contributed by atoms with Gasteiger partial charge in [-0.2, -0.15) is 8.78 Å². The van der Waals surface area contributed by atoms with E-state index in [2.05, 4.69) is 10.6 Å². The molecule has 1 heterocycles. The molecule has 2 rings (SSSR count). The van der Waals surface area contributed by atoms with Gasteiger partial charge in [0.25, 0.3) is 5.76 Å². The molecule has 2 N–H and O–H groups in total. The van der Waals surface area contributed by atoms with Gasteiger partial charge in [-0.15, -0.1) is 0 Å². The molecule has 0 radical (unpaired) electrons. The van der Waals surface area contributed by atoms with Gasteiger partial charge in [0.15, 0.2) is 5.11 Å². The lowest BCUT2D eigenvalue weighted by Gasteiger charge is -2.15. The second-order valence-corrected chi connectivity index (χ2v) is 5.71. The molecule has 1 aromatic carbocycles. The number of thioether (sulfide) groups is 1. The van der Waals surface area contributed by atoms with Crippen LogP contribution in [-0.4, -0.2) is 10.9 Å². The summed E-state index contributed by atoms with van der Waals surface area (Å²) in [6.07, 6.45) is 1.60. The Kier molecular flexibility index (Phi) is 5.58. The fraction of sp³-hybridized carbons (Fsp3) is 0.214. The first kappa shape index (κ1) is 15.8. The lowest BCUT2D eigenvalue weighted by molar-refractivity contribution is 0.252.